The van der Waals surface area contributed by atoms with Crippen LogP contribution in [0.25, 0.3) is 10.2 Å². The first kappa shape index (κ1) is 25.2. The quantitative estimate of drug-likeness (QED) is 0.317. The fourth-order valence-corrected chi connectivity index (χ4v) is 5.26. The standard InChI is InChI=1S/C26H28BrN5O2S/c1-3-21(31(15-7-14-28)25(33)19-10-12-20(27)13-11-19)23-29-24-22(17(2)30-35-24)26(34)32(23)16-18-8-5-4-6-9-18/h4-6,8-13,21H,3,7,14-16,28H2,1-2H3/t21-/m0/s1. The van der Waals surface area contributed by atoms with E-state index in [1.807, 2.05) is 56.3 Å². The van der Waals surface area contributed by atoms with Gasteiger partial charge in [-0.2, -0.15) is 4.37 Å². The zero-order valence-corrected chi connectivity index (χ0v) is 22.2. The van der Waals surface area contributed by atoms with Crippen molar-refractivity contribution >= 4 is 43.6 Å². The lowest BCUT2D eigenvalue weighted by Crippen LogP contribution is -2.40. The number of hydrogen-bond acceptors (Lipinski definition) is 6. The largest absolute Gasteiger partial charge is 0.330 e. The van der Waals surface area contributed by atoms with Crippen molar-refractivity contribution in [3.05, 3.63) is 92.1 Å². The van der Waals surface area contributed by atoms with Crippen LogP contribution in [0.15, 0.2) is 63.9 Å². The van der Waals surface area contributed by atoms with Gasteiger partial charge < -0.3 is 10.6 Å². The maximum absolute atomic E-state index is 13.7. The highest BCUT2D eigenvalue weighted by molar-refractivity contribution is 9.10. The van der Waals surface area contributed by atoms with Crippen LogP contribution >= 0.6 is 27.5 Å². The summed E-state index contributed by atoms with van der Waals surface area (Å²) in [6, 6.07) is 16.7. The second-order valence-electron chi connectivity index (χ2n) is 8.37. The Labute approximate surface area is 216 Å². The number of carbonyl (C=O) groups excluding carboxylic acids is 1. The summed E-state index contributed by atoms with van der Waals surface area (Å²) in [5.41, 5.74) is 7.94. The molecule has 1 atom stereocenters. The van der Waals surface area contributed by atoms with Crippen LogP contribution in [0.3, 0.4) is 0 Å². The van der Waals surface area contributed by atoms with Gasteiger partial charge in [0.1, 0.15) is 5.82 Å². The van der Waals surface area contributed by atoms with E-state index in [0.717, 1.165) is 10.0 Å². The zero-order chi connectivity index (χ0) is 24.9. The zero-order valence-electron chi connectivity index (χ0n) is 19.8. The minimum Gasteiger partial charge on any atom is -0.330 e. The Balaban J connectivity index is 1.86. The number of carbonyl (C=O) groups is 1. The minimum atomic E-state index is -0.402. The maximum Gasteiger partial charge on any atom is 0.264 e. The molecule has 2 aromatic carbocycles. The monoisotopic (exact) mass is 553 g/mol. The van der Waals surface area contributed by atoms with Crippen molar-refractivity contribution in [1.82, 2.24) is 18.8 Å². The minimum absolute atomic E-state index is 0.112. The molecule has 0 aliphatic rings. The molecule has 2 N–H and O–H groups in total. The van der Waals surface area contributed by atoms with Crippen LogP contribution < -0.4 is 11.3 Å². The van der Waals surface area contributed by atoms with Crippen LogP contribution in [0.1, 0.15) is 53.2 Å². The van der Waals surface area contributed by atoms with Gasteiger partial charge in [0.15, 0.2) is 4.83 Å². The fraction of sp³-hybridized carbons (Fsp3) is 0.308. The number of nitrogens with two attached hydrogens (primary N) is 1. The van der Waals surface area contributed by atoms with Crippen molar-refractivity contribution in [1.29, 1.82) is 0 Å². The molecule has 0 saturated heterocycles. The summed E-state index contributed by atoms with van der Waals surface area (Å²) in [6.45, 7) is 5.12. The molecule has 0 bridgehead atoms. The van der Waals surface area contributed by atoms with Crippen molar-refractivity contribution in [2.24, 2.45) is 5.73 Å². The van der Waals surface area contributed by atoms with Crippen LogP contribution in [-0.2, 0) is 6.54 Å². The summed E-state index contributed by atoms with van der Waals surface area (Å²) >= 11 is 4.65. The molecule has 2 aromatic heterocycles. The number of fused-ring (bicyclic) bond motifs is 1. The summed E-state index contributed by atoms with van der Waals surface area (Å²) in [7, 11) is 0. The molecule has 4 aromatic rings. The normalized spacial score (nSPS) is 12.1. The van der Waals surface area contributed by atoms with Gasteiger partial charge in [-0.1, -0.05) is 53.2 Å². The van der Waals surface area contributed by atoms with Crippen LogP contribution in [-0.4, -0.2) is 37.8 Å². The van der Waals surface area contributed by atoms with Crippen molar-refractivity contribution < 1.29 is 4.79 Å². The molecular formula is C26H28BrN5O2S. The third-order valence-corrected chi connectivity index (χ3v) is 7.36. The van der Waals surface area contributed by atoms with Gasteiger partial charge in [-0.25, -0.2) is 4.98 Å². The smallest absolute Gasteiger partial charge is 0.264 e. The third kappa shape index (κ3) is 5.37. The van der Waals surface area contributed by atoms with E-state index in [1.165, 1.54) is 11.5 Å². The Morgan fingerprint density at radius 1 is 1.17 bits per heavy atom. The number of benzene rings is 2. The Hall–Kier alpha value is -2.88. The number of hydrogen-bond donors (Lipinski definition) is 1. The molecular weight excluding hydrogens is 526 g/mol. The van der Waals surface area contributed by atoms with Crippen molar-refractivity contribution in [3.8, 4) is 0 Å². The number of nitrogens with zero attached hydrogens (tertiary/aromatic N) is 4. The first-order chi connectivity index (χ1) is 16.9. The Kier molecular flexibility index (Phi) is 8.10. The van der Waals surface area contributed by atoms with E-state index >= 15 is 0 Å². The van der Waals surface area contributed by atoms with E-state index < -0.39 is 6.04 Å². The highest BCUT2D eigenvalue weighted by atomic mass is 79.9. The van der Waals surface area contributed by atoms with E-state index in [2.05, 4.69) is 20.3 Å². The Morgan fingerprint density at radius 2 is 1.89 bits per heavy atom. The summed E-state index contributed by atoms with van der Waals surface area (Å²) in [5.74, 6) is 0.457. The van der Waals surface area contributed by atoms with Gasteiger partial charge in [-0.05, 0) is 67.7 Å². The Bertz CT molecular complexity index is 1370. The lowest BCUT2D eigenvalue weighted by Gasteiger charge is -2.32. The van der Waals surface area contributed by atoms with E-state index in [4.69, 9.17) is 10.7 Å². The lowest BCUT2D eigenvalue weighted by atomic mass is 10.1. The highest BCUT2D eigenvalue weighted by Crippen LogP contribution is 2.28. The molecule has 9 heteroatoms. The molecule has 0 saturated carbocycles. The van der Waals surface area contributed by atoms with Gasteiger partial charge >= 0.3 is 0 Å². The number of rotatable bonds is 9. The third-order valence-electron chi connectivity index (χ3n) is 6.00. The van der Waals surface area contributed by atoms with Crippen LogP contribution in [0.5, 0.6) is 0 Å². The lowest BCUT2D eigenvalue weighted by molar-refractivity contribution is 0.0656. The van der Waals surface area contributed by atoms with E-state index in [1.54, 1.807) is 21.6 Å². The molecule has 0 unspecified atom stereocenters. The average Bonchev–Trinajstić information content (AvgIpc) is 3.25. The maximum atomic E-state index is 13.7. The van der Waals surface area contributed by atoms with Crippen molar-refractivity contribution in [3.63, 3.8) is 0 Å². The summed E-state index contributed by atoms with van der Waals surface area (Å²) in [6.07, 6.45) is 1.24. The van der Waals surface area contributed by atoms with Crippen molar-refractivity contribution in [2.75, 3.05) is 13.1 Å². The van der Waals surface area contributed by atoms with E-state index in [0.29, 0.717) is 59.8 Å². The Morgan fingerprint density at radius 3 is 2.54 bits per heavy atom. The first-order valence-corrected chi connectivity index (χ1v) is 13.2. The number of halogens is 1. The first-order valence-electron chi connectivity index (χ1n) is 11.6. The summed E-state index contributed by atoms with van der Waals surface area (Å²) < 4.78 is 6.99. The molecule has 35 heavy (non-hydrogen) atoms. The molecule has 4 rings (SSSR count). The van der Waals surface area contributed by atoms with Gasteiger partial charge in [-0.15, -0.1) is 0 Å². The molecule has 0 radical (unpaired) electrons. The molecule has 182 valence electrons. The average molecular weight is 555 g/mol. The van der Waals surface area contributed by atoms with Gasteiger partial charge in [0, 0.05) is 16.6 Å². The predicted octanol–water partition coefficient (Wildman–Crippen LogP) is 4.91. The number of aryl methyl sites for hydroxylation is 1. The topological polar surface area (TPSA) is 94.1 Å². The van der Waals surface area contributed by atoms with Gasteiger partial charge in [-0.3, -0.25) is 14.2 Å². The molecule has 2 heterocycles. The molecule has 0 spiro atoms. The number of aromatic nitrogens is 3. The van der Waals surface area contributed by atoms with Gasteiger partial charge in [0.2, 0.25) is 0 Å². The van der Waals surface area contributed by atoms with Crippen LogP contribution in [0, 0.1) is 6.92 Å². The summed E-state index contributed by atoms with van der Waals surface area (Å²) in [5, 5.41) is 0.539. The van der Waals surface area contributed by atoms with E-state index in [-0.39, 0.29) is 11.5 Å². The second-order valence-corrected chi connectivity index (χ2v) is 10.0. The fourth-order valence-electron chi connectivity index (χ4n) is 4.22. The SMILES string of the molecule is CC[C@@H](c1nc2snc(C)c2c(=O)n1Cc1ccccc1)N(CCCN)C(=O)c1ccc(Br)cc1. The number of amides is 1. The summed E-state index contributed by atoms with van der Waals surface area (Å²) in [4.78, 5) is 34.8. The predicted molar refractivity (Wildman–Crippen MR) is 144 cm³/mol. The van der Waals surface area contributed by atoms with E-state index in [9.17, 15) is 9.59 Å². The molecule has 7 nitrogen and oxygen atoms in total. The molecule has 0 aliphatic carbocycles. The van der Waals surface area contributed by atoms with Gasteiger partial charge in [0.05, 0.1) is 23.7 Å². The van der Waals surface area contributed by atoms with Crippen LogP contribution in [0.4, 0.5) is 0 Å². The van der Waals surface area contributed by atoms with Crippen LogP contribution in [0.2, 0.25) is 0 Å². The van der Waals surface area contributed by atoms with Crippen molar-refractivity contribution in [2.45, 2.75) is 39.3 Å². The molecule has 0 fully saturated rings. The van der Waals surface area contributed by atoms with Gasteiger partial charge in [0.25, 0.3) is 11.5 Å². The molecule has 0 aliphatic heterocycles. The second kappa shape index (κ2) is 11.2. The molecule has 1 amide bonds. The highest BCUT2D eigenvalue weighted by Gasteiger charge is 2.29.